The maximum Gasteiger partial charge on any atom is 0.123 e. The molecule has 1 fully saturated rings. The maximum absolute atomic E-state index is 4.31. The molecule has 0 bridgehead atoms. The van der Waals surface area contributed by atoms with E-state index >= 15 is 0 Å². The minimum absolute atomic E-state index is 0.410. The van der Waals surface area contributed by atoms with Crippen LogP contribution >= 0.6 is 0 Å². The van der Waals surface area contributed by atoms with Crippen molar-refractivity contribution < 1.29 is 0 Å². The van der Waals surface area contributed by atoms with Crippen LogP contribution in [0.25, 0.3) is 0 Å². The second-order valence-electron chi connectivity index (χ2n) is 4.20. The highest BCUT2D eigenvalue weighted by Gasteiger charge is 2.21. The van der Waals surface area contributed by atoms with E-state index in [2.05, 4.69) is 15.3 Å². The molecule has 0 radical (unpaired) electrons. The highest BCUT2D eigenvalue weighted by Crippen LogP contribution is 2.31. The third-order valence-corrected chi connectivity index (χ3v) is 3.24. The zero-order chi connectivity index (χ0) is 9.80. The number of rotatable bonds is 4. The van der Waals surface area contributed by atoms with E-state index in [1.807, 2.05) is 19.4 Å². The molecule has 1 aliphatic carbocycles. The Morgan fingerprint density at radius 1 is 1.57 bits per heavy atom. The van der Waals surface area contributed by atoms with Crippen LogP contribution in [-0.4, -0.2) is 17.0 Å². The Bertz CT molecular complexity index is 250. The Balaban J connectivity index is 1.93. The quantitative estimate of drug-likeness (QED) is 0.770. The lowest BCUT2D eigenvalue weighted by atomic mass is 9.98. The molecule has 1 aromatic rings. The van der Waals surface area contributed by atoms with Crippen molar-refractivity contribution in [3.8, 4) is 0 Å². The van der Waals surface area contributed by atoms with Crippen molar-refractivity contribution in [1.29, 1.82) is 0 Å². The lowest BCUT2D eigenvalue weighted by Crippen LogP contribution is -2.20. The molecule has 0 spiro atoms. The van der Waals surface area contributed by atoms with Crippen molar-refractivity contribution in [3.63, 3.8) is 0 Å². The summed E-state index contributed by atoms with van der Waals surface area (Å²) in [6, 6.07) is 0.410. The van der Waals surface area contributed by atoms with Crippen LogP contribution in [0.4, 0.5) is 0 Å². The van der Waals surface area contributed by atoms with Crippen molar-refractivity contribution in [3.05, 3.63) is 18.2 Å². The topological polar surface area (TPSA) is 40.7 Å². The first kappa shape index (κ1) is 9.71. The van der Waals surface area contributed by atoms with Crippen molar-refractivity contribution in [2.24, 2.45) is 5.92 Å². The summed E-state index contributed by atoms with van der Waals surface area (Å²) in [5.41, 5.74) is 0. The Hall–Kier alpha value is -0.830. The molecule has 78 valence electrons. The van der Waals surface area contributed by atoms with E-state index in [0.717, 1.165) is 11.7 Å². The molecule has 0 aromatic carbocycles. The maximum atomic E-state index is 4.31. The summed E-state index contributed by atoms with van der Waals surface area (Å²) in [4.78, 5) is 7.50. The van der Waals surface area contributed by atoms with Crippen LogP contribution < -0.4 is 5.32 Å². The average Bonchev–Trinajstić information content (AvgIpc) is 2.86. The molecule has 14 heavy (non-hydrogen) atoms. The predicted molar refractivity (Wildman–Crippen MR) is 57.0 cm³/mol. The van der Waals surface area contributed by atoms with E-state index in [-0.39, 0.29) is 0 Å². The van der Waals surface area contributed by atoms with Gasteiger partial charge in [-0.05, 0) is 19.4 Å². The lowest BCUT2D eigenvalue weighted by molar-refractivity contribution is 0.403. The van der Waals surface area contributed by atoms with Crippen LogP contribution in [0.1, 0.15) is 44.0 Å². The number of aromatic amines is 1. The van der Waals surface area contributed by atoms with Gasteiger partial charge in [-0.2, -0.15) is 0 Å². The third-order valence-electron chi connectivity index (χ3n) is 3.24. The molecular formula is C11H19N3. The average molecular weight is 193 g/mol. The number of imidazole rings is 1. The molecule has 1 heterocycles. The Kier molecular flexibility index (Phi) is 3.19. The normalized spacial score (nSPS) is 20.1. The third kappa shape index (κ3) is 2.15. The Morgan fingerprint density at radius 3 is 2.93 bits per heavy atom. The molecule has 0 amide bonds. The molecule has 2 rings (SSSR count). The summed E-state index contributed by atoms with van der Waals surface area (Å²) in [6.07, 6.45) is 10.6. The largest absolute Gasteiger partial charge is 0.347 e. The van der Waals surface area contributed by atoms with Gasteiger partial charge in [0, 0.05) is 12.4 Å². The zero-order valence-corrected chi connectivity index (χ0v) is 8.79. The molecule has 1 aromatic heterocycles. The number of hydrogen-bond donors (Lipinski definition) is 2. The highest BCUT2D eigenvalue weighted by molar-refractivity contribution is 4.96. The second-order valence-corrected chi connectivity index (χ2v) is 4.20. The van der Waals surface area contributed by atoms with Gasteiger partial charge in [0.15, 0.2) is 0 Å². The predicted octanol–water partition coefficient (Wildman–Crippen LogP) is 2.25. The molecule has 0 saturated heterocycles. The Morgan fingerprint density at radius 2 is 2.36 bits per heavy atom. The minimum atomic E-state index is 0.410. The standard InChI is InChI=1S/C11H19N3/c1-12-10(11-13-6-7-14-11)8-9-4-2-3-5-9/h6-7,9-10,12H,2-5,8H2,1H3,(H,13,14). The smallest absolute Gasteiger partial charge is 0.123 e. The van der Waals surface area contributed by atoms with E-state index in [1.165, 1.54) is 32.1 Å². The van der Waals surface area contributed by atoms with Gasteiger partial charge in [0.25, 0.3) is 0 Å². The van der Waals surface area contributed by atoms with Crippen LogP contribution in [0.5, 0.6) is 0 Å². The number of nitrogens with one attached hydrogen (secondary N) is 2. The van der Waals surface area contributed by atoms with Crippen LogP contribution in [0.3, 0.4) is 0 Å². The molecule has 0 aliphatic heterocycles. The van der Waals surface area contributed by atoms with Gasteiger partial charge >= 0.3 is 0 Å². The first-order valence-corrected chi connectivity index (χ1v) is 5.56. The van der Waals surface area contributed by atoms with Gasteiger partial charge < -0.3 is 10.3 Å². The van der Waals surface area contributed by atoms with Crippen LogP contribution in [0.15, 0.2) is 12.4 Å². The van der Waals surface area contributed by atoms with Gasteiger partial charge in [-0.25, -0.2) is 4.98 Å². The fraction of sp³-hybridized carbons (Fsp3) is 0.727. The first-order chi connectivity index (χ1) is 6.90. The lowest BCUT2D eigenvalue weighted by Gasteiger charge is -2.17. The first-order valence-electron chi connectivity index (χ1n) is 5.56. The SMILES string of the molecule is CNC(CC1CCCC1)c1ncc[nH]1. The molecule has 1 aliphatic rings. The fourth-order valence-corrected chi connectivity index (χ4v) is 2.41. The number of nitrogens with zero attached hydrogens (tertiary/aromatic N) is 1. The number of hydrogen-bond acceptors (Lipinski definition) is 2. The summed E-state index contributed by atoms with van der Waals surface area (Å²) < 4.78 is 0. The summed E-state index contributed by atoms with van der Waals surface area (Å²) in [6.45, 7) is 0. The fourth-order valence-electron chi connectivity index (χ4n) is 2.41. The van der Waals surface area contributed by atoms with Crippen LogP contribution in [0, 0.1) is 5.92 Å². The number of H-pyrrole nitrogens is 1. The number of aromatic nitrogens is 2. The highest BCUT2D eigenvalue weighted by atomic mass is 15.0. The van der Waals surface area contributed by atoms with Crippen molar-refractivity contribution in [2.75, 3.05) is 7.05 Å². The van der Waals surface area contributed by atoms with Crippen molar-refractivity contribution >= 4 is 0 Å². The van der Waals surface area contributed by atoms with Gasteiger partial charge in [-0.15, -0.1) is 0 Å². The van der Waals surface area contributed by atoms with E-state index in [9.17, 15) is 0 Å². The monoisotopic (exact) mass is 193 g/mol. The van der Waals surface area contributed by atoms with E-state index in [4.69, 9.17) is 0 Å². The minimum Gasteiger partial charge on any atom is -0.347 e. The Labute approximate surface area is 85.3 Å². The summed E-state index contributed by atoms with van der Waals surface area (Å²) in [5, 5.41) is 3.34. The molecule has 2 N–H and O–H groups in total. The summed E-state index contributed by atoms with van der Waals surface area (Å²) in [5.74, 6) is 1.98. The van der Waals surface area contributed by atoms with E-state index in [1.54, 1.807) is 0 Å². The van der Waals surface area contributed by atoms with Crippen LogP contribution in [0.2, 0.25) is 0 Å². The molecule has 1 unspecified atom stereocenters. The molecule has 1 atom stereocenters. The van der Waals surface area contributed by atoms with Gasteiger partial charge in [-0.1, -0.05) is 25.7 Å². The molecule has 3 heteroatoms. The summed E-state index contributed by atoms with van der Waals surface area (Å²) >= 11 is 0. The van der Waals surface area contributed by atoms with Crippen LogP contribution in [-0.2, 0) is 0 Å². The molecular weight excluding hydrogens is 174 g/mol. The second kappa shape index (κ2) is 4.60. The van der Waals surface area contributed by atoms with E-state index < -0.39 is 0 Å². The summed E-state index contributed by atoms with van der Waals surface area (Å²) in [7, 11) is 2.02. The van der Waals surface area contributed by atoms with Gasteiger partial charge in [0.1, 0.15) is 5.82 Å². The molecule has 1 saturated carbocycles. The molecule has 3 nitrogen and oxygen atoms in total. The van der Waals surface area contributed by atoms with Crippen molar-refractivity contribution in [1.82, 2.24) is 15.3 Å². The van der Waals surface area contributed by atoms with Gasteiger partial charge in [-0.3, -0.25) is 0 Å². The van der Waals surface area contributed by atoms with Gasteiger partial charge in [0.2, 0.25) is 0 Å². The van der Waals surface area contributed by atoms with E-state index in [0.29, 0.717) is 6.04 Å². The van der Waals surface area contributed by atoms with Gasteiger partial charge in [0.05, 0.1) is 6.04 Å². The zero-order valence-electron chi connectivity index (χ0n) is 8.79. The van der Waals surface area contributed by atoms with Crippen molar-refractivity contribution in [2.45, 2.75) is 38.1 Å².